The van der Waals surface area contributed by atoms with Gasteiger partial charge in [-0.15, -0.1) is 0 Å². The summed E-state index contributed by atoms with van der Waals surface area (Å²) in [6.07, 6.45) is -4.56. The van der Waals surface area contributed by atoms with Crippen molar-refractivity contribution in [2.24, 2.45) is 7.05 Å². The second kappa shape index (κ2) is 10.3. The van der Waals surface area contributed by atoms with Crippen LogP contribution in [-0.4, -0.2) is 51.6 Å². The molecular weight excluding hydrogens is 499 g/mol. The van der Waals surface area contributed by atoms with Crippen molar-refractivity contribution in [1.29, 1.82) is 0 Å². The Kier molecular flexibility index (Phi) is 6.96. The molecule has 0 atom stereocenters. The summed E-state index contributed by atoms with van der Waals surface area (Å²) in [7, 11) is 1.43. The average molecular weight is 524 g/mol. The molecule has 2 aromatic carbocycles. The normalized spacial score (nSPS) is 14.5. The number of aromatic nitrogens is 3. The van der Waals surface area contributed by atoms with E-state index in [1.165, 1.54) is 35.9 Å². The zero-order valence-corrected chi connectivity index (χ0v) is 20.5. The fourth-order valence-corrected chi connectivity index (χ4v) is 4.38. The highest BCUT2D eigenvalue weighted by Gasteiger charge is 2.31. The summed E-state index contributed by atoms with van der Waals surface area (Å²) in [5.74, 6) is -0.193. The third-order valence-corrected chi connectivity index (χ3v) is 6.34. The zero-order chi connectivity index (χ0) is 26.9. The number of fused-ring (bicyclic) bond motifs is 1. The number of para-hydroxylation sites is 1. The van der Waals surface area contributed by atoms with Crippen LogP contribution < -0.4 is 10.9 Å². The van der Waals surface area contributed by atoms with Gasteiger partial charge in [0.2, 0.25) is 0 Å². The van der Waals surface area contributed by atoms with E-state index in [4.69, 9.17) is 4.74 Å². The summed E-state index contributed by atoms with van der Waals surface area (Å²) in [5, 5.41) is 2.93. The van der Waals surface area contributed by atoms with Crippen LogP contribution >= 0.6 is 0 Å². The Morgan fingerprint density at radius 3 is 2.53 bits per heavy atom. The van der Waals surface area contributed by atoms with Crippen LogP contribution in [0.5, 0.6) is 0 Å². The van der Waals surface area contributed by atoms with Crippen molar-refractivity contribution in [1.82, 2.24) is 19.4 Å². The predicted octanol–water partition coefficient (Wildman–Crippen LogP) is 4.10. The Labute approximate surface area is 215 Å². The number of benzene rings is 2. The molecule has 4 aromatic rings. The van der Waals surface area contributed by atoms with Crippen LogP contribution in [0.4, 0.5) is 19.0 Å². The van der Waals surface area contributed by atoms with Crippen LogP contribution in [0.2, 0.25) is 0 Å². The minimum atomic E-state index is -4.56. The Hall–Kier alpha value is -4.09. The largest absolute Gasteiger partial charge is 0.416 e. The molecule has 1 fully saturated rings. The number of pyridine rings is 1. The molecule has 1 saturated heterocycles. The number of hydrogen-bond donors (Lipinski definition) is 1. The molecule has 5 rings (SSSR count). The Balaban J connectivity index is 1.49. The molecular formula is C27H24F3N5O3. The van der Waals surface area contributed by atoms with Gasteiger partial charge >= 0.3 is 6.18 Å². The monoisotopic (exact) mass is 523 g/mol. The number of nitrogens with one attached hydrogen (secondary N) is 1. The number of halogens is 3. The highest BCUT2D eigenvalue weighted by atomic mass is 19.4. The second-order valence-corrected chi connectivity index (χ2v) is 8.94. The quantitative estimate of drug-likeness (QED) is 0.424. The number of carbonyl (C=O) groups is 1. The van der Waals surface area contributed by atoms with E-state index in [1.54, 1.807) is 18.2 Å². The molecule has 0 radical (unpaired) electrons. The maximum absolute atomic E-state index is 13.3. The Morgan fingerprint density at radius 1 is 1.03 bits per heavy atom. The lowest BCUT2D eigenvalue weighted by molar-refractivity contribution is -0.137. The van der Waals surface area contributed by atoms with Gasteiger partial charge in [-0.25, -0.2) is 9.97 Å². The number of morpholine rings is 1. The average Bonchev–Trinajstić information content (AvgIpc) is 2.91. The maximum atomic E-state index is 13.3. The van der Waals surface area contributed by atoms with E-state index in [-0.39, 0.29) is 27.9 Å². The Morgan fingerprint density at radius 2 is 1.76 bits per heavy atom. The molecule has 0 saturated carbocycles. The lowest BCUT2D eigenvalue weighted by Crippen LogP contribution is -2.35. The van der Waals surface area contributed by atoms with E-state index in [1.807, 2.05) is 6.07 Å². The van der Waals surface area contributed by atoms with E-state index in [0.29, 0.717) is 25.6 Å². The molecule has 2 aromatic heterocycles. The van der Waals surface area contributed by atoms with Gasteiger partial charge in [0.1, 0.15) is 11.6 Å². The number of amides is 1. The number of carbonyl (C=O) groups excluding carboxylic acids is 1. The Bertz CT molecular complexity index is 1560. The van der Waals surface area contributed by atoms with E-state index < -0.39 is 23.2 Å². The number of nitrogens with zero attached hydrogens (tertiary/aromatic N) is 4. The van der Waals surface area contributed by atoms with Crippen LogP contribution in [0.3, 0.4) is 0 Å². The lowest BCUT2D eigenvalue weighted by Gasteiger charge is -2.26. The van der Waals surface area contributed by atoms with Crippen LogP contribution in [-0.2, 0) is 24.5 Å². The first-order chi connectivity index (χ1) is 18.2. The zero-order valence-electron chi connectivity index (χ0n) is 20.5. The summed E-state index contributed by atoms with van der Waals surface area (Å²) in [6.45, 7) is 3.52. The topological polar surface area (TPSA) is 89.3 Å². The van der Waals surface area contributed by atoms with Gasteiger partial charge < -0.3 is 10.1 Å². The fourth-order valence-electron chi connectivity index (χ4n) is 4.38. The van der Waals surface area contributed by atoms with Crippen molar-refractivity contribution < 1.29 is 22.7 Å². The van der Waals surface area contributed by atoms with Crippen LogP contribution in [0, 0.1) is 0 Å². The van der Waals surface area contributed by atoms with Crippen molar-refractivity contribution >= 4 is 22.6 Å². The SMILES string of the molecule is Cn1c(-c2cccc(C(F)(F)F)c2)nc2c(C(=O)Nc3cccc(CN4CCOCC4)n3)cccc2c1=O. The third-order valence-electron chi connectivity index (χ3n) is 6.34. The first-order valence-electron chi connectivity index (χ1n) is 12.0. The summed E-state index contributed by atoms with van der Waals surface area (Å²) in [6, 6.07) is 14.5. The highest BCUT2D eigenvalue weighted by Crippen LogP contribution is 2.32. The van der Waals surface area contributed by atoms with Crippen LogP contribution in [0.25, 0.3) is 22.3 Å². The molecule has 3 heterocycles. The smallest absolute Gasteiger partial charge is 0.379 e. The fraction of sp³-hybridized carbons (Fsp3) is 0.259. The van der Waals surface area contributed by atoms with Gasteiger partial charge in [0.15, 0.2) is 0 Å². The first-order valence-corrected chi connectivity index (χ1v) is 12.0. The number of anilines is 1. The van der Waals surface area contributed by atoms with Gasteiger partial charge in [-0.3, -0.25) is 19.1 Å². The minimum absolute atomic E-state index is 0.0134. The van der Waals surface area contributed by atoms with Gasteiger partial charge in [-0.1, -0.05) is 24.3 Å². The summed E-state index contributed by atoms with van der Waals surface area (Å²) < 4.78 is 46.4. The number of alkyl halides is 3. The second-order valence-electron chi connectivity index (χ2n) is 8.94. The number of hydrogen-bond acceptors (Lipinski definition) is 6. The maximum Gasteiger partial charge on any atom is 0.416 e. The van der Waals surface area contributed by atoms with Crippen LogP contribution in [0.1, 0.15) is 21.6 Å². The van der Waals surface area contributed by atoms with Crippen molar-refractivity contribution in [3.63, 3.8) is 0 Å². The molecule has 11 heteroatoms. The molecule has 1 amide bonds. The van der Waals surface area contributed by atoms with E-state index >= 15 is 0 Å². The van der Waals surface area contributed by atoms with Gasteiger partial charge in [-0.05, 0) is 36.4 Å². The van der Waals surface area contributed by atoms with E-state index in [9.17, 15) is 22.8 Å². The van der Waals surface area contributed by atoms with Crippen molar-refractivity contribution in [3.05, 3.63) is 87.8 Å². The van der Waals surface area contributed by atoms with Crippen molar-refractivity contribution in [3.8, 4) is 11.4 Å². The molecule has 1 aliphatic heterocycles. The van der Waals surface area contributed by atoms with E-state index in [2.05, 4.69) is 20.2 Å². The highest BCUT2D eigenvalue weighted by molar-refractivity contribution is 6.11. The molecule has 0 bridgehead atoms. The molecule has 0 spiro atoms. The molecule has 1 aliphatic rings. The van der Waals surface area contributed by atoms with Gasteiger partial charge in [0.25, 0.3) is 11.5 Å². The van der Waals surface area contributed by atoms with Crippen LogP contribution in [0.15, 0.2) is 65.5 Å². The van der Waals surface area contributed by atoms with Gasteiger partial charge in [0.05, 0.1) is 40.9 Å². The standard InChI is InChI=1S/C27H24F3N5O3/c1-34-24(17-5-2-6-18(15-17)27(28,29)30)33-23-20(8-4-9-21(23)26(34)37)25(36)32-22-10-3-7-19(31-22)16-35-11-13-38-14-12-35/h2-10,15H,11-14,16H2,1H3,(H,31,32,36). The number of ether oxygens (including phenoxy) is 1. The minimum Gasteiger partial charge on any atom is -0.379 e. The lowest BCUT2D eigenvalue weighted by atomic mass is 10.1. The number of rotatable bonds is 5. The molecule has 8 nitrogen and oxygen atoms in total. The van der Waals surface area contributed by atoms with Crippen molar-refractivity contribution in [2.75, 3.05) is 31.6 Å². The third kappa shape index (κ3) is 5.29. The van der Waals surface area contributed by atoms with Gasteiger partial charge in [-0.2, -0.15) is 13.2 Å². The predicted molar refractivity (Wildman–Crippen MR) is 136 cm³/mol. The van der Waals surface area contributed by atoms with Crippen molar-refractivity contribution in [2.45, 2.75) is 12.7 Å². The molecule has 196 valence electrons. The molecule has 38 heavy (non-hydrogen) atoms. The summed E-state index contributed by atoms with van der Waals surface area (Å²) in [4.78, 5) is 37.6. The first kappa shape index (κ1) is 25.6. The van der Waals surface area contributed by atoms with Gasteiger partial charge in [0, 0.05) is 32.2 Å². The molecule has 0 aliphatic carbocycles. The summed E-state index contributed by atoms with van der Waals surface area (Å²) >= 11 is 0. The summed E-state index contributed by atoms with van der Waals surface area (Å²) in [5.41, 5.74) is -0.268. The van der Waals surface area contributed by atoms with E-state index in [0.717, 1.165) is 30.9 Å². The molecule has 1 N–H and O–H groups in total. The molecule has 0 unspecified atom stereocenters.